The summed E-state index contributed by atoms with van der Waals surface area (Å²) in [4.78, 5) is 276. The molecule has 0 aromatic rings. The lowest BCUT2D eigenvalue weighted by Crippen LogP contribution is -2.63. The summed E-state index contributed by atoms with van der Waals surface area (Å²) >= 11 is 0. The molecule has 0 spiro atoms. The van der Waals surface area contributed by atoms with E-state index in [1.165, 1.54) is 29.4 Å². The fourth-order valence-corrected chi connectivity index (χ4v) is 19.4. The standard InChI is InChI=1S/C19H32N4O8.C18H32N4O8.C17H27N3O10.C16H25N3O10.C14H26N4O6.CO2/c20-6-5-19(23(8-17(27)28)9-18(29)30)10-21(7-16(25)26)14-3-1-2-4-15(14)22(11-19)12-31-13-24;1-18(22(9-15(25)26)10-16(27)28)11-20(8-14(23)24)6-7-21(12-18)13(17(29)30)4-2-3-5-19;1-17(20(7-14(25)26)8-15(27)28)9-18(6-13(23)24)4-5-19(10-17)11(16(29)30)2-3-12(21)22;20-11(21)1-2-16(19(7-14(26)27)8-15(28)29)9-17(5-12(22)23)3-4-18(10-16)6-13(24)25;1-16(6-12(20)21)14(2-3-15)8-17(7-13(22)23)4-5-18(9-14)10-24-11-19;2-1-3/h13-15H,1-12,20H2,(H,25,26)(H,27,28)(H,29,30);13H,2-12,19H2,1H3,(H,23,24)(H,25,26)(H,27,28)(H,29,30);11H,2-10H2,1H3,(H,21,22)(H,23,24)(H,25,26)(H,27,28)(H,29,30);1-10H2,(H,20,21)(H,22,23)(H,24,25)(H,26,27)(H,28,29);11H,2-10,15H2,1H3,(H,20,21)(H,22,23);/t14-,15-,19?;13-,18?;11-,17?;;;/m011.../s1. The Morgan fingerprint density at radius 3 is 0.946 bits per heavy atom. The average molecular weight is 2120 g/mol. The van der Waals surface area contributed by atoms with Crippen LogP contribution in [-0.2, 0) is 120 Å². The minimum Gasteiger partial charge on any atom is -0.481 e. The lowest BCUT2D eigenvalue weighted by molar-refractivity contribution is -0.192. The normalized spacial score (nSPS) is 21.9. The van der Waals surface area contributed by atoms with Crippen molar-refractivity contribution in [3.05, 3.63) is 0 Å². The van der Waals surface area contributed by atoms with Crippen molar-refractivity contribution in [2.75, 3.05) is 256 Å². The Hall–Kier alpha value is -12.5. The maximum Gasteiger partial charge on any atom is 0.373 e. The number of aliphatic carboxylic acids is 19. The summed E-state index contributed by atoms with van der Waals surface area (Å²) in [5, 5.41) is 176. The molecule has 4 unspecified atom stereocenters. The quantitative estimate of drug-likeness (QED) is 0.0199. The fraction of sp³-hybridized carbons (Fsp3) is 0.741. The Kier molecular flexibility index (Phi) is 60.1. The van der Waals surface area contributed by atoms with Gasteiger partial charge in [0.25, 0.3) is 12.9 Å². The molecule has 5 aliphatic heterocycles. The van der Waals surface area contributed by atoms with Crippen LogP contribution < -0.4 is 17.2 Å². The van der Waals surface area contributed by atoms with Crippen LogP contribution in [0.2, 0.25) is 0 Å². The second-order valence-corrected chi connectivity index (χ2v) is 36.7. The van der Waals surface area contributed by atoms with E-state index in [1.807, 2.05) is 9.80 Å². The SMILES string of the molecule is CC1(N(CC(=O)O)CC(=O)O)CN(CC(=O)O)CCN([C@H](CCC(=O)O)C(=O)O)C1.CC1(N(CC(=O)O)CC(=O)O)CN(CC(=O)O)CCN([C@H](CCCCN)C(=O)O)C1.CN(CC(=O)O)C1(CCN)CN(COC=O)CCN(CC(=O)O)C1.NCCC1(N(CC(=O)O)CC(=O)O)CN(COC=O)[C@H]2CCCC[C@@H]2N(CC(=O)O)C1.O=C(O)CCC1(N(CC(=O)O)CC(=O)O)CN(CC(=O)O)CCN(CC(=O)O)C1.O=C=O. The lowest BCUT2D eigenvalue weighted by Gasteiger charge is -2.45. The fourth-order valence-electron chi connectivity index (χ4n) is 19.4. The van der Waals surface area contributed by atoms with Crippen LogP contribution in [0.4, 0.5) is 0 Å². The summed E-state index contributed by atoms with van der Waals surface area (Å²) in [5.74, 6) is -22.3. The first-order valence-electron chi connectivity index (χ1n) is 46.1. The molecule has 1 aliphatic carbocycles. The Morgan fingerprint density at radius 1 is 0.327 bits per heavy atom. The van der Waals surface area contributed by atoms with Gasteiger partial charge in [-0.3, -0.25) is 174 Å². The molecule has 62 nitrogen and oxygen atoms in total. The highest BCUT2D eigenvalue weighted by atomic mass is 16.5. The zero-order valence-electron chi connectivity index (χ0n) is 82.2. The van der Waals surface area contributed by atoms with Gasteiger partial charge in [0, 0.05) is 170 Å². The van der Waals surface area contributed by atoms with E-state index in [-0.39, 0.29) is 175 Å². The van der Waals surface area contributed by atoms with E-state index in [0.717, 1.165) is 35.5 Å². The van der Waals surface area contributed by atoms with E-state index in [9.17, 15) is 162 Å². The molecule has 8 atom stereocenters. The van der Waals surface area contributed by atoms with Crippen LogP contribution >= 0.6 is 0 Å². The van der Waals surface area contributed by atoms with Crippen molar-refractivity contribution < 1.29 is 217 Å². The van der Waals surface area contributed by atoms with Crippen LogP contribution in [0.3, 0.4) is 0 Å². The Morgan fingerprint density at radius 2 is 0.619 bits per heavy atom. The van der Waals surface area contributed by atoms with Crippen LogP contribution in [0, 0.1) is 0 Å². The van der Waals surface area contributed by atoms with Crippen LogP contribution in [-0.4, -0.2) is 611 Å². The number of likely N-dealkylation sites (N-methyl/N-ethyl adjacent to an activating group) is 1. The van der Waals surface area contributed by atoms with Gasteiger partial charge in [-0.05, 0) is 91.9 Å². The summed E-state index contributed by atoms with van der Waals surface area (Å²) in [5.41, 5.74) is 11.7. The van der Waals surface area contributed by atoms with Crippen molar-refractivity contribution in [2.45, 2.75) is 149 Å². The maximum atomic E-state index is 11.9. The zero-order chi connectivity index (χ0) is 112. The van der Waals surface area contributed by atoms with E-state index < -0.39 is 238 Å². The van der Waals surface area contributed by atoms with Gasteiger partial charge in [-0.1, -0.05) is 19.3 Å². The van der Waals surface area contributed by atoms with E-state index in [1.54, 1.807) is 45.4 Å². The molecule has 147 heavy (non-hydrogen) atoms. The van der Waals surface area contributed by atoms with Crippen LogP contribution in [0.5, 0.6) is 0 Å². The van der Waals surface area contributed by atoms with Crippen LogP contribution in [0.15, 0.2) is 0 Å². The van der Waals surface area contributed by atoms with Gasteiger partial charge >= 0.3 is 120 Å². The van der Waals surface area contributed by atoms with Gasteiger partial charge in [-0.2, -0.15) is 9.59 Å². The van der Waals surface area contributed by atoms with Crippen LogP contribution in [0.1, 0.15) is 97.3 Å². The molecule has 6 rings (SSSR count). The van der Waals surface area contributed by atoms with Gasteiger partial charge in [0.2, 0.25) is 0 Å². The highest BCUT2D eigenvalue weighted by molar-refractivity contribution is 5.78. The first kappa shape index (κ1) is 133. The predicted molar refractivity (Wildman–Crippen MR) is 496 cm³/mol. The minimum absolute atomic E-state index is 0.0123. The second kappa shape index (κ2) is 66.7. The molecule has 836 valence electrons. The molecule has 25 N–H and O–H groups in total. The summed E-state index contributed by atoms with van der Waals surface area (Å²) in [6.07, 6.45) is 4.68. The number of carbonyl (C=O) groups excluding carboxylic acids is 4. The van der Waals surface area contributed by atoms with Crippen molar-refractivity contribution in [1.82, 2.24) is 73.5 Å². The molecular formula is C85H142N18O44. The summed E-state index contributed by atoms with van der Waals surface area (Å²) in [6.45, 7) is 0.637. The first-order valence-corrected chi connectivity index (χ1v) is 46.1. The van der Waals surface area contributed by atoms with Crippen LogP contribution in [0.25, 0.3) is 0 Å². The van der Waals surface area contributed by atoms with Gasteiger partial charge in [-0.25, -0.2) is 0 Å². The van der Waals surface area contributed by atoms with Gasteiger partial charge in [-0.15, -0.1) is 0 Å². The number of ether oxygens (including phenoxy) is 2. The zero-order valence-corrected chi connectivity index (χ0v) is 82.2. The number of fused-ring (bicyclic) bond motifs is 1. The van der Waals surface area contributed by atoms with Gasteiger partial charge in [0.15, 0.2) is 0 Å². The van der Waals surface area contributed by atoms with E-state index in [0.29, 0.717) is 77.9 Å². The van der Waals surface area contributed by atoms with Crippen molar-refractivity contribution in [3.63, 3.8) is 0 Å². The molecule has 1 saturated carbocycles. The molecule has 62 heteroatoms. The van der Waals surface area contributed by atoms with Crippen molar-refractivity contribution in [2.24, 2.45) is 17.2 Å². The monoisotopic (exact) mass is 2120 g/mol. The van der Waals surface area contributed by atoms with Crippen molar-refractivity contribution in [3.8, 4) is 0 Å². The van der Waals surface area contributed by atoms with Gasteiger partial charge < -0.3 is 124 Å². The average Bonchev–Trinajstić information content (AvgIpc) is 1.62. The molecular weight excluding hydrogens is 1980 g/mol. The number of rotatable bonds is 59. The summed E-state index contributed by atoms with van der Waals surface area (Å²) in [6, 6.07) is -2.32. The number of hydrogen-bond donors (Lipinski definition) is 22. The third kappa shape index (κ3) is 50.2. The number of carboxylic acids is 19. The summed E-state index contributed by atoms with van der Waals surface area (Å²) < 4.78 is 9.86. The van der Waals surface area contributed by atoms with Crippen molar-refractivity contribution >= 4 is 133 Å². The van der Waals surface area contributed by atoms with E-state index >= 15 is 0 Å². The minimum atomic E-state index is -1.39. The number of nitrogens with two attached hydrogens (primary N) is 3. The molecule has 0 aromatic carbocycles. The van der Waals surface area contributed by atoms with Gasteiger partial charge in [0.1, 0.15) is 25.5 Å². The number of unbranched alkanes of at least 4 members (excludes halogenated alkanes) is 1. The molecule has 6 fully saturated rings. The first-order chi connectivity index (χ1) is 68.7. The highest BCUT2D eigenvalue weighted by Crippen LogP contribution is 2.37. The topological polar surface area (TPSA) is 922 Å². The molecule has 0 radical (unpaired) electrons. The molecule has 0 amide bonds. The Labute approximate surface area is 842 Å². The number of carbonyl (C=O) groups is 21. The predicted octanol–water partition coefficient (Wildman–Crippen LogP) is -9.39. The second-order valence-electron chi connectivity index (χ2n) is 36.7. The maximum absolute atomic E-state index is 11.9. The molecule has 5 saturated heterocycles. The van der Waals surface area contributed by atoms with E-state index in [4.69, 9.17) is 72.0 Å². The number of nitrogens with zero attached hydrogens (tertiary/aromatic N) is 15. The number of carboxylic acid groups (broad SMARTS) is 19. The third-order valence-electron chi connectivity index (χ3n) is 25.3. The molecule has 0 aromatic heterocycles. The number of hydrogen-bond acceptors (Lipinski definition) is 43. The van der Waals surface area contributed by atoms with Crippen molar-refractivity contribution in [1.29, 1.82) is 0 Å². The third-order valence-corrected chi connectivity index (χ3v) is 25.3. The Bertz CT molecular complexity index is 4300. The summed E-state index contributed by atoms with van der Waals surface area (Å²) in [7, 11) is 1.69. The molecule has 6 aliphatic rings. The largest absolute Gasteiger partial charge is 0.481 e. The molecule has 5 heterocycles. The van der Waals surface area contributed by atoms with E-state index in [2.05, 4.69) is 0 Å². The Balaban J connectivity index is 0.000000914. The smallest absolute Gasteiger partial charge is 0.373 e. The molecule has 0 bridgehead atoms. The lowest BCUT2D eigenvalue weighted by atomic mass is 9.88. The van der Waals surface area contributed by atoms with Gasteiger partial charge in [0.05, 0.1) is 98.2 Å². The highest BCUT2D eigenvalue weighted by Gasteiger charge is 2.52.